The topological polar surface area (TPSA) is 106 Å². The van der Waals surface area contributed by atoms with Crippen LogP contribution < -0.4 is 4.90 Å². The van der Waals surface area contributed by atoms with Gasteiger partial charge in [0.05, 0.1) is 29.8 Å². The molecule has 1 unspecified atom stereocenters. The van der Waals surface area contributed by atoms with Crippen molar-refractivity contribution >= 4 is 11.7 Å². The number of rotatable bonds is 7. The van der Waals surface area contributed by atoms with E-state index in [1.807, 2.05) is 30.9 Å². The van der Waals surface area contributed by atoms with Gasteiger partial charge in [-0.1, -0.05) is 6.92 Å². The zero-order chi connectivity index (χ0) is 24.2. The van der Waals surface area contributed by atoms with Crippen molar-refractivity contribution in [1.82, 2.24) is 14.9 Å². The lowest BCUT2D eigenvalue weighted by Gasteiger charge is -2.41. The van der Waals surface area contributed by atoms with Gasteiger partial charge in [0.15, 0.2) is 0 Å². The van der Waals surface area contributed by atoms with Crippen LogP contribution in [-0.2, 0) is 16.0 Å². The van der Waals surface area contributed by atoms with Crippen LogP contribution in [0.3, 0.4) is 0 Å². The third-order valence-corrected chi connectivity index (χ3v) is 6.62. The summed E-state index contributed by atoms with van der Waals surface area (Å²) in [5.74, 6) is 1.10. The molecule has 1 saturated carbocycles. The van der Waals surface area contributed by atoms with Crippen LogP contribution in [0.15, 0.2) is 18.3 Å². The largest absolute Gasteiger partial charge is 0.384 e. The molecule has 3 heterocycles. The molecule has 0 spiro atoms. The van der Waals surface area contributed by atoms with Gasteiger partial charge in [0.2, 0.25) is 5.91 Å². The molecule has 1 amide bonds. The highest BCUT2D eigenvalue weighted by Gasteiger charge is 2.33. The predicted octanol–water partition coefficient (Wildman–Crippen LogP) is 3.40. The predicted molar refractivity (Wildman–Crippen MR) is 128 cm³/mol. The summed E-state index contributed by atoms with van der Waals surface area (Å²) in [7, 11) is 1.60. The molecule has 8 heteroatoms. The van der Waals surface area contributed by atoms with E-state index in [1.54, 1.807) is 13.3 Å². The molecule has 2 aliphatic rings. The number of carbonyl (C=O) groups is 1. The minimum Gasteiger partial charge on any atom is -0.384 e. The summed E-state index contributed by atoms with van der Waals surface area (Å²) in [5.41, 5.74) is 4.50. The van der Waals surface area contributed by atoms with Crippen molar-refractivity contribution in [3.05, 3.63) is 40.8 Å². The maximum Gasteiger partial charge on any atom is 0.225 e. The summed E-state index contributed by atoms with van der Waals surface area (Å²) in [6.07, 6.45) is 4.86. The van der Waals surface area contributed by atoms with Gasteiger partial charge in [-0.3, -0.25) is 9.78 Å². The molecule has 0 radical (unpaired) electrons. The molecule has 0 N–H and O–H groups in total. The lowest BCUT2D eigenvalue weighted by Crippen LogP contribution is -2.54. The minimum absolute atomic E-state index is 0.00741. The quantitative estimate of drug-likeness (QED) is 0.626. The van der Waals surface area contributed by atoms with Crippen molar-refractivity contribution in [2.75, 3.05) is 38.3 Å². The second-order valence-electron chi connectivity index (χ2n) is 8.99. The van der Waals surface area contributed by atoms with E-state index >= 15 is 0 Å². The minimum atomic E-state index is 0.00741. The standard InChI is InChI=1S/C26H30N6O2/c1-4-21-12-22(20(14-28)15-29-21)23-11-19(13-27)26(30-25(23)18-5-6-18)31-8-9-32(17(2)16-31)24(33)7-10-34-3/h11-12,15,17-18H,4-10,16H2,1-3H3. The number of aryl methyl sites for hydroxylation is 1. The van der Waals surface area contributed by atoms with Gasteiger partial charge in [0, 0.05) is 61.7 Å². The first-order valence-electron chi connectivity index (χ1n) is 11.9. The SMILES string of the molecule is CCc1cc(-c2cc(C#N)c(N3CCN(C(=O)CCOC)C(C)C3)nc2C2CC2)c(C#N)cn1. The van der Waals surface area contributed by atoms with E-state index in [0.29, 0.717) is 55.5 Å². The fraction of sp³-hybridized carbons (Fsp3) is 0.500. The molecule has 8 nitrogen and oxygen atoms in total. The normalized spacial score (nSPS) is 17.9. The summed E-state index contributed by atoms with van der Waals surface area (Å²) in [6.45, 7) is 6.29. The van der Waals surface area contributed by atoms with Crippen LogP contribution >= 0.6 is 0 Å². The Labute approximate surface area is 200 Å². The summed E-state index contributed by atoms with van der Waals surface area (Å²) in [5, 5.41) is 19.7. The van der Waals surface area contributed by atoms with E-state index in [0.717, 1.165) is 41.8 Å². The van der Waals surface area contributed by atoms with Crippen LogP contribution in [0.2, 0.25) is 0 Å². The van der Waals surface area contributed by atoms with Gasteiger partial charge in [0.1, 0.15) is 18.0 Å². The van der Waals surface area contributed by atoms with E-state index in [1.165, 1.54) is 0 Å². The molecule has 1 aliphatic heterocycles. The zero-order valence-electron chi connectivity index (χ0n) is 20.0. The maximum absolute atomic E-state index is 12.5. The second-order valence-corrected chi connectivity index (χ2v) is 8.99. The van der Waals surface area contributed by atoms with Crippen LogP contribution in [0.25, 0.3) is 11.1 Å². The molecule has 0 aromatic carbocycles. The average Bonchev–Trinajstić information content (AvgIpc) is 3.71. The number of pyridine rings is 2. The maximum atomic E-state index is 12.5. The van der Waals surface area contributed by atoms with Gasteiger partial charge in [-0.2, -0.15) is 10.5 Å². The van der Waals surface area contributed by atoms with Crippen molar-refractivity contribution in [3.8, 4) is 23.3 Å². The highest BCUT2D eigenvalue weighted by Crippen LogP contribution is 2.45. The Kier molecular flexibility index (Phi) is 7.09. The molecule has 176 valence electrons. The third-order valence-electron chi connectivity index (χ3n) is 6.62. The van der Waals surface area contributed by atoms with E-state index in [-0.39, 0.29) is 11.9 Å². The number of nitriles is 2. The van der Waals surface area contributed by atoms with Crippen molar-refractivity contribution < 1.29 is 9.53 Å². The van der Waals surface area contributed by atoms with Crippen molar-refractivity contribution in [2.45, 2.75) is 51.5 Å². The van der Waals surface area contributed by atoms with Gasteiger partial charge in [-0.25, -0.2) is 4.98 Å². The van der Waals surface area contributed by atoms with Crippen molar-refractivity contribution in [2.24, 2.45) is 0 Å². The summed E-state index contributed by atoms with van der Waals surface area (Å²) >= 11 is 0. The zero-order valence-corrected chi connectivity index (χ0v) is 20.0. The highest BCUT2D eigenvalue weighted by molar-refractivity contribution is 5.78. The van der Waals surface area contributed by atoms with Crippen LogP contribution in [0.1, 0.15) is 61.5 Å². The monoisotopic (exact) mass is 458 g/mol. The summed E-state index contributed by atoms with van der Waals surface area (Å²) in [4.78, 5) is 25.9. The van der Waals surface area contributed by atoms with Gasteiger partial charge >= 0.3 is 0 Å². The molecule has 1 saturated heterocycles. The van der Waals surface area contributed by atoms with Gasteiger partial charge in [-0.15, -0.1) is 0 Å². The van der Waals surface area contributed by atoms with E-state index in [9.17, 15) is 15.3 Å². The van der Waals surface area contributed by atoms with Crippen LogP contribution in [0, 0.1) is 22.7 Å². The number of methoxy groups -OCH3 is 1. The average molecular weight is 459 g/mol. The molecule has 1 aliphatic carbocycles. The molecular formula is C26H30N6O2. The number of carbonyl (C=O) groups excluding carboxylic acids is 1. The van der Waals surface area contributed by atoms with E-state index in [2.05, 4.69) is 22.0 Å². The molecule has 4 rings (SSSR count). The lowest BCUT2D eigenvalue weighted by molar-refractivity contribution is -0.134. The van der Waals surface area contributed by atoms with E-state index < -0.39 is 0 Å². The third kappa shape index (κ3) is 4.73. The summed E-state index contributed by atoms with van der Waals surface area (Å²) < 4.78 is 5.05. The Morgan fingerprint density at radius 2 is 1.94 bits per heavy atom. The number of amides is 1. The second kappa shape index (κ2) is 10.2. The van der Waals surface area contributed by atoms with Crippen molar-refractivity contribution in [1.29, 1.82) is 10.5 Å². The number of ether oxygens (including phenoxy) is 1. The van der Waals surface area contributed by atoms with Crippen LogP contribution in [-0.4, -0.2) is 60.2 Å². The molecular weight excluding hydrogens is 428 g/mol. The highest BCUT2D eigenvalue weighted by atomic mass is 16.5. The number of hydrogen-bond donors (Lipinski definition) is 0. The molecule has 1 atom stereocenters. The number of hydrogen-bond acceptors (Lipinski definition) is 7. The Balaban J connectivity index is 1.69. The fourth-order valence-electron chi connectivity index (χ4n) is 4.58. The first-order chi connectivity index (χ1) is 16.5. The number of piperazine rings is 1. The molecule has 2 fully saturated rings. The lowest BCUT2D eigenvalue weighted by atomic mass is 9.95. The Morgan fingerprint density at radius 1 is 1.18 bits per heavy atom. The molecule has 2 aromatic rings. The summed E-state index contributed by atoms with van der Waals surface area (Å²) in [6, 6.07) is 8.44. The molecule has 2 aromatic heterocycles. The molecule has 0 bridgehead atoms. The Bertz CT molecular complexity index is 1160. The first kappa shape index (κ1) is 23.7. The number of anilines is 1. The molecule has 34 heavy (non-hydrogen) atoms. The van der Waals surface area contributed by atoms with Gasteiger partial charge in [0.25, 0.3) is 0 Å². The van der Waals surface area contributed by atoms with Gasteiger partial charge in [-0.05, 0) is 38.3 Å². The number of nitrogens with zero attached hydrogens (tertiary/aromatic N) is 6. The Morgan fingerprint density at radius 3 is 2.56 bits per heavy atom. The smallest absolute Gasteiger partial charge is 0.225 e. The first-order valence-corrected chi connectivity index (χ1v) is 11.9. The van der Waals surface area contributed by atoms with Crippen LogP contribution in [0.5, 0.6) is 0 Å². The van der Waals surface area contributed by atoms with E-state index in [4.69, 9.17) is 9.72 Å². The van der Waals surface area contributed by atoms with Gasteiger partial charge < -0.3 is 14.5 Å². The van der Waals surface area contributed by atoms with Crippen molar-refractivity contribution in [3.63, 3.8) is 0 Å². The van der Waals surface area contributed by atoms with Crippen LogP contribution in [0.4, 0.5) is 5.82 Å². The fourth-order valence-corrected chi connectivity index (χ4v) is 4.58. The Hall–Kier alpha value is -3.49. The number of aromatic nitrogens is 2.